The van der Waals surface area contributed by atoms with E-state index < -0.39 is 82.1 Å². The van der Waals surface area contributed by atoms with Crippen LogP contribution in [0.15, 0.2) is 41.7 Å². The molecule has 2 aromatic carbocycles. The molecular formula is C43H58F6N12O6. The van der Waals surface area contributed by atoms with Gasteiger partial charge in [-0.3, -0.25) is 29.6 Å². The summed E-state index contributed by atoms with van der Waals surface area (Å²) in [4.78, 5) is 64.8. The Morgan fingerprint density at radius 1 is 0.716 bits per heavy atom. The summed E-state index contributed by atoms with van der Waals surface area (Å²) < 4.78 is 97.5. The second-order valence-corrected chi connectivity index (χ2v) is 14.7. The highest BCUT2D eigenvalue weighted by atomic mass is 19.4. The van der Waals surface area contributed by atoms with Crippen LogP contribution in [-0.4, -0.2) is 91.2 Å². The van der Waals surface area contributed by atoms with Crippen molar-refractivity contribution in [1.29, 1.82) is 5.41 Å². The van der Waals surface area contributed by atoms with Crippen molar-refractivity contribution >= 4 is 59.1 Å². The minimum Gasteiger partial charge on any atom is -0.485 e. The highest BCUT2D eigenvalue weighted by Crippen LogP contribution is 2.43. The lowest BCUT2D eigenvalue weighted by Gasteiger charge is -2.22. The summed E-state index contributed by atoms with van der Waals surface area (Å²) in [5.41, 5.74) is 4.49. The van der Waals surface area contributed by atoms with Crippen molar-refractivity contribution in [3.8, 4) is 11.5 Å². The van der Waals surface area contributed by atoms with Crippen LogP contribution in [-0.2, 0) is 21.9 Å². The summed E-state index contributed by atoms with van der Waals surface area (Å²) in [6, 6.07) is 3.54. The number of hydrogen-bond donors (Lipinski definition) is 9. The monoisotopic (exact) mass is 952 g/mol. The van der Waals surface area contributed by atoms with Gasteiger partial charge >= 0.3 is 12.4 Å². The molecule has 11 N–H and O–H groups in total. The molecule has 3 aromatic rings. The number of unbranched alkanes of at least 4 members (excludes halogenated alkanes) is 3. The molecule has 67 heavy (non-hydrogen) atoms. The molecule has 368 valence electrons. The number of anilines is 4. The van der Waals surface area contributed by atoms with Crippen LogP contribution < -0.4 is 52.8 Å². The standard InChI is InChI=1S/C40H48F6N10O6.C2H6.CH4N2/c1-2-3-4-7-33(57)53-27-14-23(39(41,42)43)16-29(35(27)61-25-9-12-48-19-25)55-37(59)31-18-32(52-22-51-31)38(60)56-30-17-24(40(44,45)46)15-28(36(30)62-26-10-13-49-20-26)54-34(58)8-5-6-11-50-21-47;1-2;2-1-3/h14-18,21-22,25-26,48-49H,2-13,19-20H2,1H3,(H2,47,50)(H,53,57)(H,54,58)(H,55,59)(H,56,60);1-2H3;1H,(H3,2,3)/t25-,26-;;/m0../s1. The molecule has 0 unspecified atom stereocenters. The number of carbonyl (C=O) groups excluding carboxylic acids is 4. The fourth-order valence-electron chi connectivity index (χ4n) is 6.50. The minimum atomic E-state index is -4.94. The first-order chi connectivity index (χ1) is 32.0. The van der Waals surface area contributed by atoms with Gasteiger partial charge in [-0.2, -0.15) is 26.3 Å². The number of carbonyl (C=O) groups is 4. The number of nitrogens with two attached hydrogens (primary N) is 2. The molecule has 0 bridgehead atoms. The van der Waals surface area contributed by atoms with E-state index in [0.717, 1.165) is 31.5 Å². The molecule has 2 fully saturated rings. The largest absolute Gasteiger partial charge is 0.485 e. The first kappa shape index (κ1) is 54.8. The average Bonchev–Trinajstić information content (AvgIpc) is 4.01. The number of amides is 4. The summed E-state index contributed by atoms with van der Waals surface area (Å²) >= 11 is 0. The van der Waals surface area contributed by atoms with Crippen molar-refractivity contribution in [2.75, 3.05) is 54.0 Å². The van der Waals surface area contributed by atoms with Gasteiger partial charge in [0.2, 0.25) is 11.8 Å². The lowest BCUT2D eigenvalue weighted by atomic mass is 10.1. The molecular weight excluding hydrogens is 895 g/mol. The highest BCUT2D eigenvalue weighted by molar-refractivity contribution is 6.09. The molecule has 2 aliphatic rings. The number of aromatic nitrogens is 2. The van der Waals surface area contributed by atoms with Gasteiger partial charge in [-0.15, -0.1) is 0 Å². The third kappa shape index (κ3) is 17.6. The second kappa shape index (κ2) is 27.2. The first-order valence-electron chi connectivity index (χ1n) is 21.7. The maximum atomic E-state index is 14.2. The van der Waals surface area contributed by atoms with Gasteiger partial charge in [-0.05, 0) is 69.5 Å². The van der Waals surface area contributed by atoms with Crippen molar-refractivity contribution in [3.63, 3.8) is 0 Å². The molecule has 1 aromatic heterocycles. The number of halogens is 6. The van der Waals surface area contributed by atoms with Gasteiger partial charge < -0.3 is 52.8 Å². The van der Waals surface area contributed by atoms with E-state index in [1.165, 1.54) is 0 Å². The predicted octanol–water partition coefficient (Wildman–Crippen LogP) is 6.69. The van der Waals surface area contributed by atoms with Crippen molar-refractivity contribution in [2.45, 2.75) is 103 Å². The Kier molecular flexibility index (Phi) is 22.2. The van der Waals surface area contributed by atoms with Gasteiger partial charge in [0.1, 0.15) is 29.9 Å². The Balaban J connectivity index is 0.00000229. The Morgan fingerprint density at radius 3 is 1.48 bits per heavy atom. The topological polar surface area (TPSA) is 273 Å². The molecule has 18 nitrogen and oxygen atoms in total. The minimum absolute atomic E-state index is 0.0239. The lowest BCUT2D eigenvalue weighted by Crippen LogP contribution is -2.24. The normalized spacial score (nSPS) is 15.6. The SMILES string of the molecule is CC.CCCCCC(=O)Nc1cc(C(F)(F)F)cc(NC(=O)c2cc(C(=O)Nc3cc(C(F)(F)F)cc(NC(=O)CCCCN=CN)c3O[C@H]3CCNC3)ncn2)c1O[C@H]1CCNC1.N=CN. The quantitative estimate of drug-likeness (QED) is 0.0263. The van der Waals surface area contributed by atoms with Crippen LogP contribution in [0.25, 0.3) is 0 Å². The van der Waals surface area contributed by atoms with Crippen molar-refractivity contribution in [2.24, 2.45) is 16.5 Å². The lowest BCUT2D eigenvalue weighted by molar-refractivity contribution is -0.138. The number of nitrogens with one attached hydrogen (secondary N) is 7. The molecule has 0 radical (unpaired) electrons. The van der Waals surface area contributed by atoms with E-state index in [2.05, 4.69) is 52.6 Å². The summed E-state index contributed by atoms with van der Waals surface area (Å²) in [5, 5.41) is 21.7. The van der Waals surface area contributed by atoms with Crippen LogP contribution in [0.5, 0.6) is 11.5 Å². The summed E-state index contributed by atoms with van der Waals surface area (Å²) in [7, 11) is 0. The summed E-state index contributed by atoms with van der Waals surface area (Å²) in [6.45, 7) is 8.00. The van der Waals surface area contributed by atoms with Gasteiger partial charge in [0.15, 0.2) is 11.5 Å². The maximum absolute atomic E-state index is 14.2. The van der Waals surface area contributed by atoms with Gasteiger partial charge in [-0.1, -0.05) is 33.6 Å². The number of aliphatic imine (C=N–C) groups is 1. The number of rotatable bonds is 19. The van der Waals surface area contributed by atoms with Gasteiger partial charge in [-0.25, -0.2) is 9.97 Å². The Morgan fingerprint density at radius 2 is 1.12 bits per heavy atom. The molecule has 0 aliphatic carbocycles. The third-order valence-electron chi connectivity index (χ3n) is 9.66. The molecule has 3 heterocycles. The highest BCUT2D eigenvalue weighted by Gasteiger charge is 2.36. The van der Waals surface area contributed by atoms with E-state index in [1.807, 2.05) is 20.8 Å². The smallest absolute Gasteiger partial charge is 0.416 e. The zero-order valence-electron chi connectivity index (χ0n) is 37.4. The van der Waals surface area contributed by atoms with Gasteiger partial charge in [0.25, 0.3) is 11.8 Å². The van der Waals surface area contributed by atoms with Crippen LogP contribution in [0.1, 0.15) is 111 Å². The zero-order chi connectivity index (χ0) is 49.6. The summed E-state index contributed by atoms with van der Waals surface area (Å²) in [6.07, 6.45) is -4.57. The molecule has 0 spiro atoms. The molecule has 2 aliphatic heterocycles. The van der Waals surface area contributed by atoms with Gasteiger partial charge in [0.05, 0.1) is 46.6 Å². The van der Waals surface area contributed by atoms with Crippen LogP contribution in [0.2, 0.25) is 0 Å². The van der Waals surface area contributed by atoms with E-state index in [9.17, 15) is 45.5 Å². The van der Waals surface area contributed by atoms with E-state index in [0.29, 0.717) is 95.5 Å². The Hall–Kier alpha value is -6.56. The van der Waals surface area contributed by atoms with Crippen molar-refractivity contribution in [3.05, 3.63) is 59.2 Å². The number of alkyl halides is 6. The van der Waals surface area contributed by atoms with E-state index >= 15 is 0 Å². The number of hydrogen-bond acceptors (Lipinski definition) is 12. The van der Waals surface area contributed by atoms with Crippen LogP contribution >= 0.6 is 0 Å². The molecule has 24 heteroatoms. The number of benzene rings is 2. The zero-order valence-corrected chi connectivity index (χ0v) is 37.4. The third-order valence-corrected chi connectivity index (χ3v) is 9.66. The Labute approximate surface area is 383 Å². The molecule has 5 rings (SSSR count). The van der Waals surface area contributed by atoms with Crippen molar-refractivity contribution in [1.82, 2.24) is 20.6 Å². The van der Waals surface area contributed by atoms with Crippen LogP contribution in [0.3, 0.4) is 0 Å². The molecule has 4 amide bonds. The first-order valence-corrected chi connectivity index (χ1v) is 21.7. The van der Waals surface area contributed by atoms with Crippen LogP contribution in [0, 0.1) is 5.41 Å². The molecule has 0 saturated carbocycles. The fraction of sp³-hybridized carbons (Fsp3) is 0.488. The van der Waals surface area contributed by atoms with E-state index in [1.54, 1.807) is 0 Å². The van der Waals surface area contributed by atoms with Crippen molar-refractivity contribution < 1.29 is 55.0 Å². The fourth-order valence-corrected chi connectivity index (χ4v) is 6.50. The Bertz CT molecular complexity index is 2150. The molecule has 2 saturated heterocycles. The number of ether oxygens (including phenoxy) is 2. The molecule has 2 atom stereocenters. The second-order valence-electron chi connectivity index (χ2n) is 14.7. The maximum Gasteiger partial charge on any atom is 0.416 e. The van der Waals surface area contributed by atoms with E-state index in [4.69, 9.17) is 20.6 Å². The van der Waals surface area contributed by atoms with Crippen LogP contribution in [0.4, 0.5) is 49.1 Å². The van der Waals surface area contributed by atoms with E-state index in [-0.39, 0.29) is 35.7 Å². The number of nitrogens with zero attached hydrogens (tertiary/aromatic N) is 3. The average molecular weight is 953 g/mol. The van der Waals surface area contributed by atoms with Gasteiger partial charge in [0, 0.05) is 38.5 Å². The summed E-state index contributed by atoms with van der Waals surface area (Å²) in [5.74, 6) is -3.95. The predicted molar refractivity (Wildman–Crippen MR) is 242 cm³/mol.